The van der Waals surface area contributed by atoms with Crippen LogP contribution < -0.4 is 10.6 Å². The molecule has 0 bridgehead atoms. The van der Waals surface area contributed by atoms with Gasteiger partial charge in [-0.15, -0.1) is 0 Å². The van der Waals surface area contributed by atoms with Crippen molar-refractivity contribution in [2.75, 3.05) is 11.9 Å². The van der Waals surface area contributed by atoms with Gasteiger partial charge in [0.15, 0.2) is 0 Å². The third-order valence-corrected chi connectivity index (χ3v) is 3.61. The summed E-state index contributed by atoms with van der Waals surface area (Å²) in [6.45, 7) is 2.33. The Hall–Kier alpha value is -3.22. The summed E-state index contributed by atoms with van der Waals surface area (Å²) >= 11 is 0. The Balaban J connectivity index is 1.54. The molecule has 0 saturated heterocycles. The Kier molecular flexibility index (Phi) is 5.03. The number of carbonyl (C=O) groups excluding carboxylic acids is 1. The number of hydrogen-bond donors (Lipinski definition) is 2. The van der Waals surface area contributed by atoms with Crippen LogP contribution in [0.25, 0.3) is 5.82 Å². The number of hydrogen-bond acceptors (Lipinski definition) is 3. The van der Waals surface area contributed by atoms with Crippen LogP contribution in [0.1, 0.15) is 11.5 Å². The third-order valence-electron chi connectivity index (χ3n) is 3.61. The minimum atomic E-state index is -0.395. The summed E-state index contributed by atoms with van der Waals surface area (Å²) < 4.78 is 15.0. The van der Waals surface area contributed by atoms with E-state index < -0.39 is 5.82 Å². The number of amides is 2. The zero-order valence-electron chi connectivity index (χ0n) is 13.7. The monoisotopic (exact) mass is 339 g/mol. The van der Waals surface area contributed by atoms with E-state index >= 15 is 0 Å². The Morgan fingerprint density at radius 2 is 2.08 bits per heavy atom. The van der Waals surface area contributed by atoms with Crippen molar-refractivity contribution in [3.63, 3.8) is 0 Å². The van der Waals surface area contributed by atoms with Gasteiger partial charge in [-0.1, -0.05) is 12.1 Å². The van der Waals surface area contributed by atoms with Gasteiger partial charge in [-0.3, -0.25) is 4.57 Å². The largest absolute Gasteiger partial charge is 0.337 e. The summed E-state index contributed by atoms with van der Waals surface area (Å²) in [7, 11) is 0. The third kappa shape index (κ3) is 4.41. The molecule has 0 spiro atoms. The highest BCUT2D eigenvalue weighted by molar-refractivity contribution is 5.89. The molecular weight excluding hydrogens is 321 g/mol. The predicted octanol–water partition coefficient (Wildman–Crippen LogP) is 3.08. The maximum absolute atomic E-state index is 13.1. The first-order valence-electron chi connectivity index (χ1n) is 7.88. The summed E-state index contributed by atoms with van der Waals surface area (Å²) in [6, 6.07) is 11.1. The van der Waals surface area contributed by atoms with E-state index in [1.807, 2.05) is 35.9 Å². The minimum absolute atomic E-state index is 0.382. The van der Waals surface area contributed by atoms with E-state index in [1.165, 1.54) is 12.1 Å². The second-order valence-corrected chi connectivity index (χ2v) is 5.47. The van der Waals surface area contributed by atoms with Crippen LogP contribution in [0.15, 0.2) is 54.9 Å². The molecular formula is C18H18FN5O. The number of anilines is 1. The first kappa shape index (κ1) is 16.6. The lowest BCUT2D eigenvalue weighted by molar-refractivity contribution is 0.252. The van der Waals surface area contributed by atoms with Crippen LogP contribution in [0.4, 0.5) is 14.9 Å². The predicted molar refractivity (Wildman–Crippen MR) is 93.2 cm³/mol. The lowest BCUT2D eigenvalue weighted by Crippen LogP contribution is -2.30. The quantitative estimate of drug-likeness (QED) is 0.750. The van der Waals surface area contributed by atoms with Crippen molar-refractivity contribution in [1.82, 2.24) is 19.9 Å². The SMILES string of the molecule is Cc1nccn1-c1cccc(CCNC(=O)Nc2cccc(F)c2)n1. The maximum atomic E-state index is 13.1. The molecule has 0 aliphatic rings. The zero-order chi connectivity index (χ0) is 17.6. The highest BCUT2D eigenvalue weighted by atomic mass is 19.1. The van der Waals surface area contributed by atoms with Crippen molar-refractivity contribution in [3.05, 3.63) is 72.2 Å². The molecule has 1 aromatic carbocycles. The number of carbonyl (C=O) groups is 1. The molecule has 0 saturated carbocycles. The molecule has 7 heteroatoms. The molecule has 3 aromatic rings. The van der Waals surface area contributed by atoms with Crippen LogP contribution in [0.3, 0.4) is 0 Å². The number of nitrogens with zero attached hydrogens (tertiary/aromatic N) is 3. The fourth-order valence-corrected chi connectivity index (χ4v) is 2.41. The van der Waals surface area contributed by atoms with E-state index in [9.17, 15) is 9.18 Å². The van der Waals surface area contributed by atoms with E-state index in [-0.39, 0.29) is 6.03 Å². The van der Waals surface area contributed by atoms with Gasteiger partial charge in [0.2, 0.25) is 0 Å². The number of imidazole rings is 1. The van der Waals surface area contributed by atoms with Crippen molar-refractivity contribution in [2.45, 2.75) is 13.3 Å². The number of urea groups is 1. The van der Waals surface area contributed by atoms with Crippen molar-refractivity contribution >= 4 is 11.7 Å². The van der Waals surface area contributed by atoms with Crippen molar-refractivity contribution in [2.24, 2.45) is 0 Å². The first-order valence-corrected chi connectivity index (χ1v) is 7.88. The molecule has 0 unspecified atom stereocenters. The average molecular weight is 339 g/mol. The number of aryl methyl sites for hydroxylation is 1. The molecule has 2 N–H and O–H groups in total. The number of rotatable bonds is 5. The number of aromatic nitrogens is 3. The number of halogens is 1. The number of pyridine rings is 1. The van der Waals surface area contributed by atoms with Gasteiger partial charge in [0.1, 0.15) is 17.5 Å². The lowest BCUT2D eigenvalue weighted by atomic mass is 10.2. The minimum Gasteiger partial charge on any atom is -0.337 e. The zero-order valence-corrected chi connectivity index (χ0v) is 13.7. The molecule has 25 heavy (non-hydrogen) atoms. The number of benzene rings is 1. The van der Waals surface area contributed by atoms with Gasteiger partial charge in [0.25, 0.3) is 0 Å². The maximum Gasteiger partial charge on any atom is 0.319 e. The molecule has 2 heterocycles. The van der Waals surface area contributed by atoms with Gasteiger partial charge < -0.3 is 10.6 Å². The van der Waals surface area contributed by atoms with Gasteiger partial charge in [-0.25, -0.2) is 19.2 Å². The summed E-state index contributed by atoms with van der Waals surface area (Å²) in [5.41, 5.74) is 1.27. The van der Waals surface area contributed by atoms with Crippen LogP contribution in [0.5, 0.6) is 0 Å². The van der Waals surface area contributed by atoms with E-state index in [4.69, 9.17) is 0 Å². The molecule has 0 fully saturated rings. The Morgan fingerprint density at radius 1 is 1.24 bits per heavy atom. The van der Waals surface area contributed by atoms with Crippen LogP contribution in [0.2, 0.25) is 0 Å². The van der Waals surface area contributed by atoms with Crippen LogP contribution >= 0.6 is 0 Å². The molecule has 3 rings (SSSR count). The summed E-state index contributed by atoms with van der Waals surface area (Å²) in [4.78, 5) is 20.6. The van der Waals surface area contributed by atoms with E-state index in [1.54, 1.807) is 18.3 Å². The van der Waals surface area contributed by atoms with E-state index in [0.717, 1.165) is 17.3 Å². The second-order valence-electron chi connectivity index (χ2n) is 5.47. The van der Waals surface area contributed by atoms with Crippen LogP contribution in [0, 0.1) is 12.7 Å². The van der Waals surface area contributed by atoms with E-state index in [0.29, 0.717) is 18.7 Å². The average Bonchev–Trinajstić information content (AvgIpc) is 3.01. The van der Waals surface area contributed by atoms with Gasteiger partial charge in [0.05, 0.1) is 0 Å². The highest BCUT2D eigenvalue weighted by Gasteiger charge is 2.05. The lowest BCUT2D eigenvalue weighted by Gasteiger charge is -2.09. The smallest absolute Gasteiger partial charge is 0.319 e. The second kappa shape index (κ2) is 7.57. The van der Waals surface area contributed by atoms with Gasteiger partial charge in [-0.2, -0.15) is 0 Å². The fraction of sp³-hybridized carbons (Fsp3) is 0.167. The summed E-state index contributed by atoms with van der Waals surface area (Å²) in [5, 5.41) is 5.32. The highest BCUT2D eigenvalue weighted by Crippen LogP contribution is 2.10. The molecule has 0 radical (unpaired) electrons. The molecule has 0 aliphatic heterocycles. The van der Waals surface area contributed by atoms with Crippen LogP contribution in [-0.4, -0.2) is 27.1 Å². The van der Waals surface area contributed by atoms with Crippen LogP contribution in [-0.2, 0) is 6.42 Å². The standard InChI is InChI=1S/C18H18FN5O/c1-13-20-10-11-24(13)17-7-3-5-15(22-17)8-9-21-18(25)23-16-6-2-4-14(19)12-16/h2-7,10-12H,8-9H2,1H3,(H2,21,23,25). The van der Waals surface area contributed by atoms with Crippen molar-refractivity contribution < 1.29 is 9.18 Å². The van der Waals surface area contributed by atoms with Gasteiger partial charge in [-0.05, 0) is 37.3 Å². The topological polar surface area (TPSA) is 71.8 Å². The molecule has 6 nitrogen and oxygen atoms in total. The van der Waals surface area contributed by atoms with Gasteiger partial charge in [0, 0.05) is 36.7 Å². The van der Waals surface area contributed by atoms with Crippen molar-refractivity contribution in [1.29, 1.82) is 0 Å². The normalized spacial score (nSPS) is 10.5. The Morgan fingerprint density at radius 3 is 2.84 bits per heavy atom. The summed E-state index contributed by atoms with van der Waals surface area (Å²) in [6.07, 6.45) is 4.16. The van der Waals surface area contributed by atoms with Crippen molar-refractivity contribution in [3.8, 4) is 5.82 Å². The summed E-state index contributed by atoms with van der Waals surface area (Å²) in [5.74, 6) is 1.25. The van der Waals surface area contributed by atoms with Gasteiger partial charge >= 0.3 is 6.03 Å². The molecule has 2 aromatic heterocycles. The van der Waals surface area contributed by atoms with E-state index in [2.05, 4.69) is 20.6 Å². The first-order chi connectivity index (χ1) is 12.1. The fourth-order valence-electron chi connectivity index (χ4n) is 2.41. The molecule has 0 aliphatic carbocycles. The Labute approximate surface area is 144 Å². The molecule has 0 atom stereocenters. The Bertz CT molecular complexity index is 877. The molecule has 128 valence electrons. The molecule has 2 amide bonds. The number of nitrogens with one attached hydrogen (secondary N) is 2.